The van der Waals surface area contributed by atoms with Crippen LogP contribution in [-0.4, -0.2) is 46.9 Å². The van der Waals surface area contributed by atoms with Gasteiger partial charge in [-0.15, -0.1) is 0 Å². The van der Waals surface area contributed by atoms with E-state index in [4.69, 9.17) is 4.74 Å². The van der Waals surface area contributed by atoms with Crippen LogP contribution in [-0.2, 0) is 14.3 Å². The van der Waals surface area contributed by atoms with Gasteiger partial charge in [0.1, 0.15) is 6.10 Å². The van der Waals surface area contributed by atoms with Crippen molar-refractivity contribution in [2.24, 2.45) is 0 Å². The van der Waals surface area contributed by atoms with Gasteiger partial charge in [0, 0.05) is 6.42 Å². The first-order valence-corrected chi connectivity index (χ1v) is 24.6. The topological polar surface area (TPSA) is 95.9 Å². The van der Waals surface area contributed by atoms with E-state index >= 15 is 0 Å². The van der Waals surface area contributed by atoms with Crippen LogP contribution in [0.15, 0.2) is 24.3 Å². The lowest BCUT2D eigenvalue weighted by Crippen LogP contribution is -2.46. The van der Waals surface area contributed by atoms with Crippen molar-refractivity contribution in [2.45, 2.75) is 277 Å². The van der Waals surface area contributed by atoms with Gasteiger partial charge >= 0.3 is 5.97 Å². The van der Waals surface area contributed by atoms with Crippen LogP contribution in [0.25, 0.3) is 0 Å². The molecule has 56 heavy (non-hydrogen) atoms. The van der Waals surface area contributed by atoms with Gasteiger partial charge in [-0.2, -0.15) is 0 Å². The summed E-state index contributed by atoms with van der Waals surface area (Å²) in [5, 5.41) is 23.6. The Bertz CT molecular complexity index is 889. The van der Waals surface area contributed by atoms with Gasteiger partial charge in [0.2, 0.25) is 5.91 Å². The second-order valence-electron chi connectivity index (χ2n) is 16.9. The van der Waals surface area contributed by atoms with E-state index in [0.717, 1.165) is 57.8 Å². The van der Waals surface area contributed by atoms with Gasteiger partial charge in [0.25, 0.3) is 0 Å². The summed E-state index contributed by atoms with van der Waals surface area (Å²) in [4.78, 5) is 26.0. The Morgan fingerprint density at radius 3 is 1.39 bits per heavy atom. The molecule has 0 spiro atoms. The van der Waals surface area contributed by atoms with Crippen LogP contribution in [0.4, 0.5) is 0 Å². The zero-order valence-electron chi connectivity index (χ0n) is 37.5. The minimum absolute atomic E-state index is 0.0787. The van der Waals surface area contributed by atoms with Crippen LogP contribution >= 0.6 is 0 Å². The minimum atomic E-state index is -0.782. The lowest BCUT2D eigenvalue weighted by Gasteiger charge is -2.24. The van der Waals surface area contributed by atoms with E-state index in [9.17, 15) is 19.8 Å². The smallest absolute Gasteiger partial charge is 0.306 e. The van der Waals surface area contributed by atoms with Gasteiger partial charge in [-0.05, 0) is 57.8 Å². The number of ether oxygens (including phenoxy) is 1. The zero-order chi connectivity index (χ0) is 41.0. The molecule has 0 saturated heterocycles. The van der Waals surface area contributed by atoms with Crippen molar-refractivity contribution < 1.29 is 24.5 Å². The van der Waals surface area contributed by atoms with Crippen molar-refractivity contribution in [3.63, 3.8) is 0 Å². The molecule has 0 rings (SSSR count). The zero-order valence-corrected chi connectivity index (χ0v) is 37.5. The fourth-order valence-corrected chi connectivity index (χ4v) is 7.52. The van der Waals surface area contributed by atoms with Crippen LogP contribution in [0.2, 0.25) is 0 Å². The maximum atomic E-state index is 13.1. The van der Waals surface area contributed by atoms with Gasteiger partial charge in [-0.25, -0.2) is 0 Å². The summed E-state index contributed by atoms with van der Waals surface area (Å²) in [6, 6.07) is -0.696. The van der Waals surface area contributed by atoms with Crippen molar-refractivity contribution >= 4 is 11.9 Å². The van der Waals surface area contributed by atoms with E-state index in [1.54, 1.807) is 0 Å². The maximum absolute atomic E-state index is 13.1. The van der Waals surface area contributed by atoms with Gasteiger partial charge in [0.15, 0.2) is 0 Å². The van der Waals surface area contributed by atoms with Gasteiger partial charge in [-0.1, -0.05) is 212 Å². The van der Waals surface area contributed by atoms with Crippen molar-refractivity contribution in [3.8, 4) is 0 Å². The van der Waals surface area contributed by atoms with Gasteiger partial charge in [-0.3, -0.25) is 9.59 Å². The molecule has 0 radical (unpaired) electrons. The molecule has 3 N–H and O–H groups in total. The molecule has 0 aliphatic carbocycles. The highest BCUT2D eigenvalue weighted by Gasteiger charge is 2.24. The normalized spacial score (nSPS) is 13.4. The third kappa shape index (κ3) is 39.2. The molecule has 3 unspecified atom stereocenters. The molecule has 0 heterocycles. The van der Waals surface area contributed by atoms with E-state index in [1.807, 2.05) is 0 Å². The summed E-state index contributed by atoms with van der Waals surface area (Å²) < 4.78 is 5.91. The van der Waals surface area contributed by atoms with E-state index in [-0.39, 0.29) is 24.9 Å². The number of allylic oxidation sites excluding steroid dienone is 4. The molecule has 0 bridgehead atoms. The second-order valence-corrected chi connectivity index (χ2v) is 16.9. The number of amides is 1. The van der Waals surface area contributed by atoms with Crippen LogP contribution in [0.3, 0.4) is 0 Å². The van der Waals surface area contributed by atoms with E-state index in [1.165, 1.54) is 154 Å². The van der Waals surface area contributed by atoms with E-state index < -0.39 is 18.2 Å². The molecular weight excluding hydrogens is 695 g/mol. The Labute approximate surface area is 348 Å². The first-order valence-electron chi connectivity index (χ1n) is 24.6. The molecule has 3 atom stereocenters. The molecule has 0 aromatic rings. The van der Waals surface area contributed by atoms with Crippen molar-refractivity contribution in [3.05, 3.63) is 24.3 Å². The lowest BCUT2D eigenvalue weighted by atomic mass is 10.0. The van der Waals surface area contributed by atoms with Crippen molar-refractivity contribution in [1.29, 1.82) is 0 Å². The number of hydrogen-bond donors (Lipinski definition) is 3. The average Bonchev–Trinajstić information content (AvgIpc) is 3.19. The Hall–Kier alpha value is -1.66. The van der Waals surface area contributed by atoms with Crippen LogP contribution in [0.5, 0.6) is 0 Å². The number of hydrogen-bond acceptors (Lipinski definition) is 5. The highest BCUT2D eigenvalue weighted by Crippen LogP contribution is 2.18. The second kappa shape index (κ2) is 44.4. The molecular formula is C50H95NO5. The summed E-state index contributed by atoms with van der Waals surface area (Å²) in [6.07, 6.45) is 49.5. The van der Waals surface area contributed by atoms with E-state index in [2.05, 4.69) is 50.4 Å². The SMILES string of the molecule is CCCCC/C=C\C/C=C\CCCCCCCCCC(=O)OC(CCCCCCCCCCC)CC(=O)NC(CO)C(O)CCCCCCCCCCCCC. The molecule has 1 amide bonds. The summed E-state index contributed by atoms with van der Waals surface area (Å²) in [5.41, 5.74) is 0. The number of aliphatic hydroxyl groups is 2. The quantitative estimate of drug-likeness (QED) is 0.0324. The molecule has 0 aromatic carbocycles. The lowest BCUT2D eigenvalue weighted by molar-refractivity contribution is -0.151. The molecule has 0 aliphatic rings. The number of rotatable bonds is 44. The molecule has 6 heteroatoms. The number of nitrogens with one attached hydrogen (secondary N) is 1. The average molecular weight is 790 g/mol. The number of unbranched alkanes of at least 4 members (excludes halogenated alkanes) is 28. The number of aliphatic hydroxyl groups excluding tert-OH is 2. The standard InChI is InChI=1S/C50H95NO5/c1-4-7-10-13-16-19-21-22-23-24-25-26-28-31-34-37-40-43-50(55)56-46(41-38-35-32-29-18-15-12-9-6-3)44-49(54)51-47(45-52)48(53)42-39-36-33-30-27-20-17-14-11-8-5-2/h16,19,22-23,46-48,52-53H,4-15,17-18,20-21,24-45H2,1-3H3,(H,51,54)/b19-16-,23-22-. The molecule has 0 aliphatic heterocycles. The summed E-state index contributed by atoms with van der Waals surface area (Å²) in [6.45, 7) is 6.44. The molecule has 0 saturated carbocycles. The van der Waals surface area contributed by atoms with E-state index in [0.29, 0.717) is 19.3 Å². The predicted molar refractivity (Wildman–Crippen MR) is 241 cm³/mol. The monoisotopic (exact) mass is 790 g/mol. The van der Waals surface area contributed by atoms with Crippen LogP contribution < -0.4 is 5.32 Å². The Balaban J connectivity index is 4.47. The van der Waals surface area contributed by atoms with Crippen molar-refractivity contribution in [1.82, 2.24) is 5.32 Å². The molecule has 0 aromatic heterocycles. The number of esters is 1. The van der Waals surface area contributed by atoms with Gasteiger partial charge in [0.05, 0.1) is 25.2 Å². The van der Waals surface area contributed by atoms with Crippen LogP contribution in [0.1, 0.15) is 258 Å². The molecule has 330 valence electrons. The Morgan fingerprint density at radius 1 is 0.518 bits per heavy atom. The number of carbonyl (C=O) groups is 2. The highest BCUT2D eigenvalue weighted by atomic mass is 16.5. The largest absolute Gasteiger partial charge is 0.462 e. The minimum Gasteiger partial charge on any atom is -0.462 e. The van der Waals surface area contributed by atoms with Crippen molar-refractivity contribution in [2.75, 3.05) is 6.61 Å². The molecule has 6 nitrogen and oxygen atoms in total. The first-order chi connectivity index (χ1) is 27.5. The maximum Gasteiger partial charge on any atom is 0.306 e. The fourth-order valence-electron chi connectivity index (χ4n) is 7.52. The highest BCUT2D eigenvalue weighted by molar-refractivity contribution is 5.77. The summed E-state index contributed by atoms with van der Waals surface area (Å²) in [7, 11) is 0. The van der Waals surface area contributed by atoms with Crippen LogP contribution in [0, 0.1) is 0 Å². The Morgan fingerprint density at radius 2 is 0.911 bits per heavy atom. The molecule has 0 fully saturated rings. The Kier molecular flexibility index (Phi) is 43.1. The third-order valence-electron chi connectivity index (χ3n) is 11.3. The summed E-state index contributed by atoms with van der Waals surface area (Å²) in [5.74, 6) is -0.475. The van der Waals surface area contributed by atoms with Gasteiger partial charge < -0.3 is 20.3 Å². The fraction of sp³-hybridized carbons (Fsp3) is 0.880. The third-order valence-corrected chi connectivity index (χ3v) is 11.3. The number of carbonyl (C=O) groups excluding carboxylic acids is 2. The first kappa shape index (κ1) is 54.3. The summed E-state index contributed by atoms with van der Waals surface area (Å²) >= 11 is 0. The predicted octanol–water partition coefficient (Wildman–Crippen LogP) is 14.3.